The average Bonchev–Trinajstić information content (AvgIpc) is 2.44. The number of rotatable bonds is 8. The molecular weight excluding hydrogens is 241 g/mol. The maximum absolute atomic E-state index is 13.8. The lowest BCUT2D eigenvalue weighted by Gasteiger charge is -2.36. The first-order valence-corrected chi connectivity index (χ1v) is 7.09. The summed E-state index contributed by atoms with van der Waals surface area (Å²) < 4.78 is 19.5. The van der Waals surface area contributed by atoms with Crippen LogP contribution in [0.4, 0.5) is 4.39 Å². The molecule has 0 aliphatic rings. The van der Waals surface area contributed by atoms with Crippen molar-refractivity contribution in [3.8, 4) is 0 Å². The fourth-order valence-electron chi connectivity index (χ4n) is 2.24. The zero-order valence-electron chi connectivity index (χ0n) is 12.5. The molecule has 0 saturated heterocycles. The van der Waals surface area contributed by atoms with E-state index in [1.807, 2.05) is 12.1 Å². The Labute approximate surface area is 116 Å². The van der Waals surface area contributed by atoms with Gasteiger partial charge in [-0.2, -0.15) is 0 Å². The molecule has 0 aliphatic carbocycles. The third kappa shape index (κ3) is 4.29. The van der Waals surface area contributed by atoms with Crippen molar-refractivity contribution in [1.82, 2.24) is 5.32 Å². The van der Waals surface area contributed by atoms with E-state index in [1.165, 1.54) is 6.07 Å². The van der Waals surface area contributed by atoms with Gasteiger partial charge in [0.1, 0.15) is 5.82 Å². The summed E-state index contributed by atoms with van der Waals surface area (Å²) in [6.45, 7) is 7.23. The lowest BCUT2D eigenvalue weighted by Crippen LogP contribution is -2.51. The summed E-state index contributed by atoms with van der Waals surface area (Å²) in [5, 5.41) is 3.50. The van der Waals surface area contributed by atoms with E-state index in [0.717, 1.165) is 24.9 Å². The fraction of sp³-hybridized carbons (Fsp3) is 0.625. The van der Waals surface area contributed by atoms with Crippen molar-refractivity contribution in [2.75, 3.05) is 13.7 Å². The fourth-order valence-corrected chi connectivity index (χ4v) is 2.24. The van der Waals surface area contributed by atoms with Gasteiger partial charge in [0, 0.05) is 13.2 Å². The highest BCUT2D eigenvalue weighted by atomic mass is 19.1. The highest BCUT2D eigenvalue weighted by Crippen LogP contribution is 2.23. The number of ether oxygens (including phenoxy) is 1. The molecule has 2 atom stereocenters. The van der Waals surface area contributed by atoms with Crippen LogP contribution < -0.4 is 5.32 Å². The Morgan fingerprint density at radius 1 is 1.32 bits per heavy atom. The van der Waals surface area contributed by atoms with E-state index >= 15 is 0 Å². The molecule has 1 aromatic rings. The Morgan fingerprint density at radius 3 is 2.53 bits per heavy atom. The van der Waals surface area contributed by atoms with Gasteiger partial charge in [-0.15, -0.1) is 0 Å². The highest BCUT2D eigenvalue weighted by Gasteiger charge is 2.32. The third-order valence-electron chi connectivity index (χ3n) is 3.93. The van der Waals surface area contributed by atoms with Crippen LogP contribution in [-0.4, -0.2) is 25.3 Å². The number of hydrogen-bond acceptors (Lipinski definition) is 2. The maximum Gasteiger partial charge on any atom is 0.126 e. The topological polar surface area (TPSA) is 21.3 Å². The molecule has 2 nitrogen and oxygen atoms in total. The van der Waals surface area contributed by atoms with Crippen LogP contribution in [0.25, 0.3) is 0 Å². The Morgan fingerprint density at radius 2 is 2.00 bits per heavy atom. The van der Waals surface area contributed by atoms with Crippen molar-refractivity contribution in [3.63, 3.8) is 0 Å². The lowest BCUT2D eigenvalue weighted by molar-refractivity contribution is -0.0288. The second kappa shape index (κ2) is 7.61. The average molecular weight is 267 g/mol. The molecule has 1 rings (SSSR count). The highest BCUT2D eigenvalue weighted by molar-refractivity contribution is 5.19. The molecule has 0 aromatic heterocycles. The summed E-state index contributed by atoms with van der Waals surface area (Å²) >= 11 is 0. The van der Waals surface area contributed by atoms with Gasteiger partial charge in [-0.05, 0) is 44.4 Å². The number of nitrogens with one attached hydrogen (secondary N) is 1. The monoisotopic (exact) mass is 267 g/mol. The van der Waals surface area contributed by atoms with Crippen LogP contribution in [0.3, 0.4) is 0 Å². The molecule has 0 heterocycles. The standard InChI is InChI=1S/C16H26FNO/c1-5-11-18-15(16(3,6-2)19-4)12-13-9-7-8-10-14(13)17/h7-10,15,18H,5-6,11-12H2,1-4H3. The van der Waals surface area contributed by atoms with Crippen LogP contribution >= 0.6 is 0 Å². The van der Waals surface area contributed by atoms with Crippen molar-refractivity contribution in [3.05, 3.63) is 35.6 Å². The summed E-state index contributed by atoms with van der Waals surface area (Å²) in [7, 11) is 1.73. The molecule has 0 spiro atoms. The third-order valence-corrected chi connectivity index (χ3v) is 3.93. The predicted molar refractivity (Wildman–Crippen MR) is 77.9 cm³/mol. The molecule has 1 aromatic carbocycles. The quantitative estimate of drug-likeness (QED) is 0.777. The van der Waals surface area contributed by atoms with E-state index in [4.69, 9.17) is 4.74 Å². The Kier molecular flexibility index (Phi) is 6.46. The molecule has 0 radical (unpaired) electrons. The smallest absolute Gasteiger partial charge is 0.126 e. The van der Waals surface area contributed by atoms with E-state index in [1.54, 1.807) is 13.2 Å². The molecule has 0 saturated carbocycles. The van der Waals surface area contributed by atoms with Crippen molar-refractivity contribution < 1.29 is 9.13 Å². The first-order valence-electron chi connectivity index (χ1n) is 7.09. The van der Waals surface area contributed by atoms with Crippen molar-refractivity contribution in [2.45, 2.75) is 51.7 Å². The second-order valence-electron chi connectivity index (χ2n) is 5.17. The Balaban J connectivity index is 2.88. The van der Waals surface area contributed by atoms with Crippen LogP contribution in [0.1, 0.15) is 39.2 Å². The summed E-state index contributed by atoms with van der Waals surface area (Å²) in [4.78, 5) is 0. The zero-order chi connectivity index (χ0) is 14.3. The van der Waals surface area contributed by atoms with Crippen LogP contribution in [0.2, 0.25) is 0 Å². The molecule has 19 heavy (non-hydrogen) atoms. The number of benzene rings is 1. The molecule has 0 aliphatic heterocycles. The minimum atomic E-state index is -0.280. The Bertz CT molecular complexity index is 377. The van der Waals surface area contributed by atoms with Gasteiger partial charge in [-0.25, -0.2) is 4.39 Å². The van der Waals surface area contributed by atoms with Crippen molar-refractivity contribution in [2.24, 2.45) is 0 Å². The number of halogens is 1. The minimum Gasteiger partial charge on any atom is -0.377 e. The molecule has 0 bridgehead atoms. The molecule has 1 N–H and O–H groups in total. The van der Waals surface area contributed by atoms with E-state index in [2.05, 4.69) is 26.1 Å². The van der Waals surface area contributed by atoms with E-state index in [9.17, 15) is 4.39 Å². The van der Waals surface area contributed by atoms with Gasteiger partial charge < -0.3 is 10.1 Å². The summed E-state index contributed by atoms with van der Waals surface area (Å²) in [6.07, 6.45) is 2.58. The van der Waals surface area contributed by atoms with Gasteiger partial charge in [0.15, 0.2) is 0 Å². The molecule has 108 valence electrons. The Hall–Kier alpha value is -0.930. The lowest BCUT2D eigenvalue weighted by atomic mass is 9.88. The van der Waals surface area contributed by atoms with Gasteiger partial charge >= 0.3 is 0 Å². The van der Waals surface area contributed by atoms with Crippen LogP contribution in [-0.2, 0) is 11.2 Å². The van der Waals surface area contributed by atoms with Crippen LogP contribution in [0.5, 0.6) is 0 Å². The maximum atomic E-state index is 13.8. The van der Waals surface area contributed by atoms with E-state index < -0.39 is 0 Å². The molecular formula is C16H26FNO. The minimum absolute atomic E-state index is 0.111. The van der Waals surface area contributed by atoms with E-state index in [-0.39, 0.29) is 17.5 Å². The number of hydrogen-bond donors (Lipinski definition) is 1. The van der Waals surface area contributed by atoms with Gasteiger partial charge in [-0.3, -0.25) is 0 Å². The van der Waals surface area contributed by atoms with Crippen LogP contribution in [0.15, 0.2) is 24.3 Å². The van der Waals surface area contributed by atoms with Gasteiger partial charge in [0.05, 0.1) is 5.60 Å². The van der Waals surface area contributed by atoms with Crippen LogP contribution in [0, 0.1) is 5.82 Å². The number of methoxy groups -OCH3 is 1. The molecule has 2 unspecified atom stereocenters. The predicted octanol–water partition coefficient (Wildman–Crippen LogP) is 3.55. The molecule has 3 heteroatoms. The largest absolute Gasteiger partial charge is 0.377 e. The summed E-state index contributed by atoms with van der Waals surface area (Å²) in [6, 6.07) is 7.08. The van der Waals surface area contributed by atoms with Crippen molar-refractivity contribution >= 4 is 0 Å². The first kappa shape index (κ1) is 16.1. The van der Waals surface area contributed by atoms with Gasteiger partial charge in [0.2, 0.25) is 0 Å². The first-order chi connectivity index (χ1) is 9.07. The second-order valence-corrected chi connectivity index (χ2v) is 5.17. The zero-order valence-corrected chi connectivity index (χ0v) is 12.5. The molecule has 0 amide bonds. The van der Waals surface area contributed by atoms with Gasteiger partial charge in [0.25, 0.3) is 0 Å². The van der Waals surface area contributed by atoms with Gasteiger partial charge in [-0.1, -0.05) is 32.0 Å². The van der Waals surface area contributed by atoms with E-state index in [0.29, 0.717) is 6.42 Å². The summed E-state index contributed by atoms with van der Waals surface area (Å²) in [5.41, 5.74) is 0.463. The SMILES string of the molecule is CCCNC(Cc1ccccc1F)C(C)(CC)OC. The summed E-state index contributed by atoms with van der Waals surface area (Å²) in [5.74, 6) is -0.139. The molecule has 0 fully saturated rings. The van der Waals surface area contributed by atoms with Crippen molar-refractivity contribution in [1.29, 1.82) is 0 Å². The normalized spacial score (nSPS) is 16.1.